The van der Waals surface area contributed by atoms with Crippen molar-refractivity contribution in [1.29, 1.82) is 0 Å². The molecule has 0 aliphatic heterocycles. The van der Waals surface area contributed by atoms with Gasteiger partial charge in [-0.05, 0) is 60.9 Å². The van der Waals surface area contributed by atoms with E-state index in [9.17, 15) is 18.0 Å². The molecule has 0 spiro atoms. The van der Waals surface area contributed by atoms with Gasteiger partial charge in [-0.15, -0.1) is 0 Å². The van der Waals surface area contributed by atoms with Crippen molar-refractivity contribution < 1.29 is 27.5 Å². The van der Waals surface area contributed by atoms with Crippen LogP contribution in [-0.2, 0) is 32.6 Å². The Labute approximate surface area is 243 Å². The molecule has 3 aromatic carbocycles. The number of hydrogen-bond acceptors (Lipinski definition) is 6. The standard InChI is InChI=1S/C31H39N3O6S/c1-5-19-32-31(36)29(21-24-11-8-7-9-12-24)33(22-25-13-10-14-28(20-25)39-3)30(35)23-34(41(4,37)38)26-15-17-27(18-16-26)40-6-2/h7-18,20,29H,5-6,19,21-23H2,1-4H3,(H,32,36)/t29-/m1/s1. The molecule has 0 fully saturated rings. The predicted molar refractivity (Wildman–Crippen MR) is 161 cm³/mol. The highest BCUT2D eigenvalue weighted by atomic mass is 32.2. The topological polar surface area (TPSA) is 105 Å². The molecule has 0 bridgehead atoms. The molecule has 10 heteroatoms. The van der Waals surface area contributed by atoms with Crippen molar-refractivity contribution in [3.8, 4) is 11.5 Å². The van der Waals surface area contributed by atoms with Crippen LogP contribution in [0.4, 0.5) is 5.69 Å². The lowest BCUT2D eigenvalue weighted by Gasteiger charge is -2.33. The second-order valence-electron chi connectivity index (χ2n) is 9.57. The van der Waals surface area contributed by atoms with Crippen LogP contribution in [0.5, 0.6) is 11.5 Å². The van der Waals surface area contributed by atoms with Crippen LogP contribution in [0.15, 0.2) is 78.9 Å². The highest BCUT2D eigenvalue weighted by Gasteiger charge is 2.33. The summed E-state index contributed by atoms with van der Waals surface area (Å²) >= 11 is 0. The fraction of sp³-hybridized carbons (Fsp3) is 0.355. The van der Waals surface area contributed by atoms with Crippen LogP contribution in [-0.4, -0.2) is 64.2 Å². The molecule has 41 heavy (non-hydrogen) atoms. The lowest BCUT2D eigenvalue weighted by atomic mass is 10.0. The normalized spacial score (nSPS) is 11.8. The first-order valence-corrected chi connectivity index (χ1v) is 15.5. The molecule has 220 valence electrons. The molecule has 0 unspecified atom stereocenters. The zero-order chi connectivity index (χ0) is 29.8. The monoisotopic (exact) mass is 581 g/mol. The zero-order valence-electron chi connectivity index (χ0n) is 24.1. The van der Waals surface area contributed by atoms with Crippen LogP contribution in [0, 0.1) is 0 Å². The molecule has 9 nitrogen and oxygen atoms in total. The van der Waals surface area contributed by atoms with E-state index >= 15 is 0 Å². The fourth-order valence-electron chi connectivity index (χ4n) is 4.38. The first kappa shape index (κ1) is 31.5. The highest BCUT2D eigenvalue weighted by molar-refractivity contribution is 7.92. The minimum absolute atomic E-state index is 0.0773. The summed E-state index contributed by atoms with van der Waals surface area (Å²) in [5, 5.41) is 2.93. The van der Waals surface area contributed by atoms with Gasteiger partial charge in [-0.25, -0.2) is 8.42 Å². The van der Waals surface area contributed by atoms with Crippen molar-refractivity contribution in [2.24, 2.45) is 0 Å². The average Bonchev–Trinajstić information content (AvgIpc) is 2.97. The maximum absolute atomic E-state index is 14.1. The second kappa shape index (κ2) is 15.1. The predicted octanol–water partition coefficient (Wildman–Crippen LogP) is 4.03. The summed E-state index contributed by atoms with van der Waals surface area (Å²) in [7, 11) is -2.29. The zero-order valence-corrected chi connectivity index (χ0v) is 24.9. The Balaban J connectivity index is 2.03. The summed E-state index contributed by atoms with van der Waals surface area (Å²) in [5.74, 6) is 0.377. The van der Waals surface area contributed by atoms with Crippen LogP contribution in [0.2, 0.25) is 0 Å². The Morgan fingerprint density at radius 1 is 0.902 bits per heavy atom. The molecule has 0 saturated heterocycles. The van der Waals surface area contributed by atoms with Crippen molar-refractivity contribution in [3.05, 3.63) is 90.0 Å². The molecular formula is C31H39N3O6S. The first-order chi connectivity index (χ1) is 19.7. The molecule has 2 amide bonds. The number of ether oxygens (including phenoxy) is 2. The molecule has 3 rings (SSSR count). The number of hydrogen-bond donors (Lipinski definition) is 1. The largest absolute Gasteiger partial charge is 0.497 e. The minimum atomic E-state index is -3.85. The van der Waals surface area contributed by atoms with E-state index in [0.717, 1.165) is 28.1 Å². The highest BCUT2D eigenvalue weighted by Crippen LogP contribution is 2.24. The van der Waals surface area contributed by atoms with E-state index in [1.54, 1.807) is 43.5 Å². The number of anilines is 1. The summed E-state index contributed by atoms with van der Waals surface area (Å²) in [5.41, 5.74) is 1.94. The molecule has 0 saturated carbocycles. The van der Waals surface area contributed by atoms with E-state index in [0.29, 0.717) is 30.3 Å². The summed E-state index contributed by atoms with van der Waals surface area (Å²) < 4.78 is 37.7. The van der Waals surface area contributed by atoms with Crippen LogP contribution in [0.3, 0.4) is 0 Å². The molecule has 0 radical (unpaired) electrons. The number of amides is 2. The SMILES string of the molecule is CCCNC(=O)[C@@H](Cc1ccccc1)N(Cc1cccc(OC)c1)C(=O)CN(c1ccc(OCC)cc1)S(C)(=O)=O. The maximum atomic E-state index is 14.1. The Morgan fingerprint density at radius 3 is 2.20 bits per heavy atom. The van der Waals surface area contributed by atoms with Crippen molar-refractivity contribution in [3.63, 3.8) is 0 Å². The van der Waals surface area contributed by atoms with Crippen LogP contribution >= 0.6 is 0 Å². The van der Waals surface area contributed by atoms with Crippen molar-refractivity contribution >= 4 is 27.5 Å². The number of rotatable bonds is 15. The number of benzene rings is 3. The van der Waals surface area contributed by atoms with Gasteiger partial charge in [0.2, 0.25) is 21.8 Å². The van der Waals surface area contributed by atoms with Crippen LogP contribution in [0.1, 0.15) is 31.4 Å². The lowest BCUT2D eigenvalue weighted by Crippen LogP contribution is -2.53. The third kappa shape index (κ3) is 9.24. The number of sulfonamides is 1. The number of nitrogens with zero attached hydrogens (tertiary/aromatic N) is 2. The summed E-state index contributed by atoms with van der Waals surface area (Å²) in [6, 6.07) is 22.3. The van der Waals surface area contributed by atoms with Gasteiger partial charge < -0.3 is 19.7 Å². The number of nitrogens with one attached hydrogen (secondary N) is 1. The number of carbonyl (C=O) groups excluding carboxylic acids is 2. The molecule has 0 aromatic heterocycles. The molecule has 0 aliphatic carbocycles. The summed E-state index contributed by atoms with van der Waals surface area (Å²) in [6.45, 7) is 4.32. The van der Waals surface area contributed by atoms with Gasteiger partial charge in [0.25, 0.3) is 0 Å². The lowest BCUT2D eigenvalue weighted by molar-refractivity contribution is -0.140. The van der Waals surface area contributed by atoms with Gasteiger partial charge in [-0.3, -0.25) is 13.9 Å². The van der Waals surface area contributed by atoms with Gasteiger partial charge in [0.1, 0.15) is 24.1 Å². The number of methoxy groups -OCH3 is 1. The minimum Gasteiger partial charge on any atom is -0.497 e. The van der Waals surface area contributed by atoms with Gasteiger partial charge in [0.15, 0.2) is 0 Å². The van der Waals surface area contributed by atoms with E-state index in [1.165, 1.54) is 4.90 Å². The Morgan fingerprint density at radius 2 is 1.59 bits per heavy atom. The van der Waals surface area contributed by atoms with E-state index in [1.807, 2.05) is 56.3 Å². The Kier molecular flexibility index (Phi) is 11.6. The third-order valence-electron chi connectivity index (χ3n) is 6.42. The summed E-state index contributed by atoms with van der Waals surface area (Å²) in [4.78, 5) is 29.1. The number of carbonyl (C=O) groups is 2. The molecule has 1 atom stereocenters. The van der Waals surface area contributed by atoms with Crippen molar-refractivity contribution in [2.45, 2.75) is 39.3 Å². The van der Waals surface area contributed by atoms with E-state index in [-0.39, 0.29) is 18.9 Å². The van der Waals surface area contributed by atoms with Crippen molar-refractivity contribution in [2.75, 3.05) is 37.4 Å². The second-order valence-corrected chi connectivity index (χ2v) is 11.5. The van der Waals surface area contributed by atoms with Gasteiger partial charge in [0, 0.05) is 19.5 Å². The van der Waals surface area contributed by atoms with Gasteiger partial charge in [0.05, 0.1) is 25.7 Å². The van der Waals surface area contributed by atoms with E-state index in [4.69, 9.17) is 9.47 Å². The molecule has 0 aliphatic rings. The van der Waals surface area contributed by atoms with Crippen LogP contribution < -0.4 is 19.1 Å². The third-order valence-corrected chi connectivity index (χ3v) is 7.56. The Bertz CT molecular complexity index is 1380. The smallest absolute Gasteiger partial charge is 0.244 e. The van der Waals surface area contributed by atoms with Gasteiger partial charge >= 0.3 is 0 Å². The molecule has 3 aromatic rings. The quantitative estimate of drug-likeness (QED) is 0.291. The van der Waals surface area contributed by atoms with Gasteiger partial charge in [-0.2, -0.15) is 0 Å². The average molecular weight is 582 g/mol. The Hall–Kier alpha value is -4.05. The fourth-order valence-corrected chi connectivity index (χ4v) is 5.23. The van der Waals surface area contributed by atoms with E-state index < -0.39 is 28.5 Å². The van der Waals surface area contributed by atoms with Crippen molar-refractivity contribution in [1.82, 2.24) is 10.2 Å². The van der Waals surface area contributed by atoms with E-state index in [2.05, 4.69) is 5.32 Å². The molecule has 1 N–H and O–H groups in total. The summed E-state index contributed by atoms with van der Waals surface area (Å²) in [6.07, 6.45) is 2.04. The maximum Gasteiger partial charge on any atom is 0.244 e. The van der Waals surface area contributed by atoms with Gasteiger partial charge in [-0.1, -0.05) is 49.4 Å². The van der Waals surface area contributed by atoms with Crippen LogP contribution in [0.25, 0.3) is 0 Å². The molecular weight excluding hydrogens is 542 g/mol. The molecule has 0 heterocycles. The first-order valence-electron chi connectivity index (χ1n) is 13.6.